The first-order valence-electron chi connectivity index (χ1n) is 5.62. The van der Waals surface area contributed by atoms with Gasteiger partial charge in [0.25, 0.3) is 0 Å². The summed E-state index contributed by atoms with van der Waals surface area (Å²) in [6.45, 7) is 6.35. The summed E-state index contributed by atoms with van der Waals surface area (Å²) in [4.78, 5) is 5.94. The van der Waals surface area contributed by atoms with Crippen molar-refractivity contribution in [3.05, 3.63) is 48.1 Å². The van der Waals surface area contributed by atoms with Crippen molar-refractivity contribution in [3.63, 3.8) is 0 Å². The van der Waals surface area contributed by atoms with Gasteiger partial charge in [-0.25, -0.2) is 8.78 Å². The third kappa shape index (κ3) is 1.96. The predicted octanol–water partition coefficient (Wildman–Crippen LogP) is 2.00. The maximum atomic E-state index is 13.3. The van der Waals surface area contributed by atoms with Gasteiger partial charge in [0.1, 0.15) is 11.6 Å². The van der Waals surface area contributed by atoms with E-state index >= 15 is 0 Å². The number of hydrogen-bond acceptors (Lipinski definition) is 3. The molecule has 3 nitrogen and oxygen atoms in total. The molecule has 0 saturated carbocycles. The largest absolute Gasteiger partial charge is 0.370 e. The molecule has 2 N–H and O–H groups in total. The molecule has 1 heterocycles. The zero-order chi connectivity index (χ0) is 13.3. The minimum absolute atomic E-state index is 0.363. The monoisotopic (exact) mass is 251 g/mol. The van der Waals surface area contributed by atoms with Crippen molar-refractivity contribution >= 4 is 5.96 Å². The normalized spacial score (nSPS) is 23.1. The molecular formula is C13H15F2N3. The maximum absolute atomic E-state index is 13.3. The summed E-state index contributed by atoms with van der Waals surface area (Å²) < 4.78 is 26.6. The fourth-order valence-electron chi connectivity index (χ4n) is 2.19. The molecule has 2 rings (SSSR count). The number of nitrogens with zero attached hydrogens (tertiary/aromatic N) is 2. The van der Waals surface area contributed by atoms with Crippen LogP contribution >= 0.6 is 0 Å². The first kappa shape index (κ1) is 12.5. The average Bonchev–Trinajstić information content (AvgIpc) is 2.58. The van der Waals surface area contributed by atoms with Crippen LogP contribution in [-0.4, -0.2) is 23.9 Å². The first-order chi connectivity index (χ1) is 8.47. The first-order valence-corrected chi connectivity index (χ1v) is 5.62. The van der Waals surface area contributed by atoms with Crippen LogP contribution in [0.1, 0.15) is 12.5 Å². The Kier molecular flexibility index (Phi) is 3.07. The van der Waals surface area contributed by atoms with Gasteiger partial charge in [-0.1, -0.05) is 6.08 Å². The van der Waals surface area contributed by atoms with Crippen molar-refractivity contribution in [3.8, 4) is 0 Å². The van der Waals surface area contributed by atoms with Gasteiger partial charge >= 0.3 is 0 Å². The summed E-state index contributed by atoms with van der Waals surface area (Å²) in [6.07, 6.45) is 1.68. The highest BCUT2D eigenvalue weighted by atomic mass is 19.1. The molecule has 1 aliphatic heterocycles. The van der Waals surface area contributed by atoms with Crippen LogP contribution in [-0.2, 0) is 5.54 Å². The smallest absolute Gasteiger partial charge is 0.192 e. The van der Waals surface area contributed by atoms with Crippen LogP contribution in [0.15, 0.2) is 35.8 Å². The van der Waals surface area contributed by atoms with Crippen molar-refractivity contribution in [1.29, 1.82) is 0 Å². The lowest BCUT2D eigenvalue weighted by atomic mass is 9.91. The highest BCUT2D eigenvalue weighted by Crippen LogP contribution is 2.33. The van der Waals surface area contributed by atoms with Gasteiger partial charge in [-0.3, -0.25) is 4.99 Å². The van der Waals surface area contributed by atoms with Gasteiger partial charge in [0.2, 0.25) is 0 Å². The second-order valence-electron chi connectivity index (χ2n) is 4.51. The van der Waals surface area contributed by atoms with E-state index in [0.29, 0.717) is 24.6 Å². The number of aliphatic imine (C=N–C) groups is 1. The Morgan fingerprint density at radius 2 is 2.06 bits per heavy atom. The summed E-state index contributed by atoms with van der Waals surface area (Å²) >= 11 is 0. The Balaban J connectivity index is 2.44. The quantitative estimate of drug-likeness (QED) is 0.835. The Morgan fingerprint density at radius 3 is 2.61 bits per heavy atom. The molecule has 1 aromatic carbocycles. The van der Waals surface area contributed by atoms with Gasteiger partial charge in [-0.15, -0.1) is 6.58 Å². The summed E-state index contributed by atoms with van der Waals surface area (Å²) in [5.74, 6) is -0.840. The summed E-state index contributed by atoms with van der Waals surface area (Å²) in [6, 6.07) is 3.48. The topological polar surface area (TPSA) is 41.6 Å². The molecule has 0 fully saturated rings. The zero-order valence-corrected chi connectivity index (χ0v) is 10.2. The molecule has 0 radical (unpaired) electrons. The summed E-state index contributed by atoms with van der Waals surface area (Å²) in [5.41, 5.74) is 5.68. The molecule has 0 aromatic heterocycles. The van der Waals surface area contributed by atoms with Crippen LogP contribution in [0.4, 0.5) is 8.78 Å². The van der Waals surface area contributed by atoms with E-state index in [9.17, 15) is 8.78 Å². The van der Waals surface area contributed by atoms with E-state index in [1.54, 1.807) is 11.0 Å². The van der Waals surface area contributed by atoms with Crippen molar-refractivity contribution in [2.24, 2.45) is 10.7 Å². The third-order valence-corrected chi connectivity index (χ3v) is 3.22. The highest BCUT2D eigenvalue weighted by molar-refractivity contribution is 5.81. The van der Waals surface area contributed by atoms with Crippen molar-refractivity contribution in [1.82, 2.24) is 4.90 Å². The lowest BCUT2D eigenvalue weighted by Crippen LogP contribution is -2.47. The molecule has 0 saturated heterocycles. The van der Waals surface area contributed by atoms with E-state index in [1.807, 2.05) is 6.92 Å². The van der Waals surface area contributed by atoms with Crippen molar-refractivity contribution in [2.45, 2.75) is 12.5 Å². The Hall–Kier alpha value is -1.91. The fourth-order valence-corrected chi connectivity index (χ4v) is 2.19. The van der Waals surface area contributed by atoms with Crippen LogP contribution in [0, 0.1) is 11.6 Å². The molecule has 0 bridgehead atoms. The van der Waals surface area contributed by atoms with Gasteiger partial charge in [-0.2, -0.15) is 0 Å². The van der Waals surface area contributed by atoms with Gasteiger partial charge in [0.15, 0.2) is 5.96 Å². The maximum Gasteiger partial charge on any atom is 0.192 e. The molecule has 96 valence electrons. The molecule has 1 aliphatic rings. The van der Waals surface area contributed by atoms with E-state index in [-0.39, 0.29) is 0 Å². The third-order valence-electron chi connectivity index (χ3n) is 3.22. The molecule has 1 unspecified atom stereocenters. The average molecular weight is 251 g/mol. The number of halogens is 2. The lowest BCUT2D eigenvalue weighted by molar-refractivity contribution is 0.243. The van der Waals surface area contributed by atoms with Crippen molar-refractivity contribution in [2.75, 3.05) is 13.1 Å². The number of hydrogen-bond donors (Lipinski definition) is 1. The zero-order valence-electron chi connectivity index (χ0n) is 10.2. The number of nitrogens with two attached hydrogens (primary N) is 1. The highest BCUT2D eigenvalue weighted by Gasteiger charge is 2.39. The van der Waals surface area contributed by atoms with E-state index in [1.165, 1.54) is 12.1 Å². The lowest BCUT2D eigenvalue weighted by Gasteiger charge is -2.36. The minimum Gasteiger partial charge on any atom is -0.370 e. The van der Waals surface area contributed by atoms with Crippen LogP contribution in [0.5, 0.6) is 0 Å². The molecule has 0 spiro atoms. The predicted molar refractivity (Wildman–Crippen MR) is 67.1 cm³/mol. The molecule has 1 atom stereocenters. The van der Waals surface area contributed by atoms with E-state index in [0.717, 1.165) is 6.07 Å². The molecule has 0 amide bonds. The van der Waals surface area contributed by atoms with Crippen LogP contribution in [0.3, 0.4) is 0 Å². The molecule has 1 aromatic rings. The standard InChI is InChI=1S/C13H15F2N3/c1-3-4-18-12(16)17-8-13(18,2)9-5-10(14)7-11(15)6-9/h3,5-7H,1,4,8H2,2H3,(H2,16,17). The Bertz CT molecular complexity index is 493. The molecule has 18 heavy (non-hydrogen) atoms. The summed E-state index contributed by atoms with van der Waals surface area (Å²) in [7, 11) is 0. The van der Waals surface area contributed by atoms with Crippen LogP contribution in [0.25, 0.3) is 0 Å². The Labute approximate surface area is 105 Å². The van der Waals surface area contributed by atoms with Gasteiger partial charge in [0, 0.05) is 12.6 Å². The van der Waals surface area contributed by atoms with Gasteiger partial charge < -0.3 is 10.6 Å². The number of guanidine groups is 1. The Morgan fingerprint density at radius 1 is 1.44 bits per heavy atom. The van der Waals surface area contributed by atoms with Crippen LogP contribution < -0.4 is 5.73 Å². The van der Waals surface area contributed by atoms with Gasteiger partial charge in [-0.05, 0) is 24.6 Å². The van der Waals surface area contributed by atoms with Crippen molar-refractivity contribution < 1.29 is 8.78 Å². The SMILES string of the molecule is C=CCN1C(N)=NCC1(C)c1cc(F)cc(F)c1. The van der Waals surface area contributed by atoms with Crippen LogP contribution in [0.2, 0.25) is 0 Å². The van der Waals surface area contributed by atoms with E-state index in [4.69, 9.17) is 5.73 Å². The van der Waals surface area contributed by atoms with E-state index in [2.05, 4.69) is 11.6 Å². The second kappa shape index (κ2) is 4.40. The molecular weight excluding hydrogens is 236 g/mol. The molecule has 0 aliphatic carbocycles. The fraction of sp³-hybridized carbons (Fsp3) is 0.308. The second-order valence-corrected chi connectivity index (χ2v) is 4.51. The molecule has 5 heteroatoms. The van der Waals surface area contributed by atoms with Gasteiger partial charge in [0.05, 0.1) is 12.1 Å². The summed E-state index contributed by atoms with van der Waals surface area (Å²) in [5, 5.41) is 0. The minimum atomic E-state index is -0.638. The number of rotatable bonds is 3. The number of benzene rings is 1. The van der Waals surface area contributed by atoms with E-state index < -0.39 is 17.2 Å².